The zero-order valence-corrected chi connectivity index (χ0v) is 17.4. The number of pyridine rings is 1. The van der Waals surface area contributed by atoms with Crippen molar-refractivity contribution in [3.8, 4) is 17.7 Å². The van der Waals surface area contributed by atoms with Gasteiger partial charge in [0.2, 0.25) is 5.88 Å². The van der Waals surface area contributed by atoms with Crippen LogP contribution in [-0.2, 0) is 0 Å². The summed E-state index contributed by atoms with van der Waals surface area (Å²) in [5, 5.41) is 12.8. The number of amides is 1. The highest BCUT2D eigenvalue weighted by atomic mass is 19.1. The van der Waals surface area contributed by atoms with Crippen LogP contribution in [0.25, 0.3) is 0 Å². The summed E-state index contributed by atoms with van der Waals surface area (Å²) in [6, 6.07) is 7.19. The molecule has 2 heterocycles. The number of benzene rings is 1. The molecule has 158 valence electrons. The minimum Gasteiger partial charge on any atom is -0.472 e. The topological polar surface area (TPSA) is 74.7 Å². The standard InChI is InChI=1S/C23H26FN3O3/c1-15-13-27(16(2)14-28)23(29)20-10-18(5-4-17-6-8-19(24)9-7-17)11-26-22(20)30-21(15)12-25-3/h6-11,15-16,21,25,28H,12-14H2,1-3H3/t15-,16+,21-/m0/s1. The molecule has 3 rings (SSSR count). The largest absolute Gasteiger partial charge is 0.472 e. The molecule has 0 bridgehead atoms. The Morgan fingerprint density at radius 3 is 2.70 bits per heavy atom. The number of nitrogens with one attached hydrogen (secondary N) is 1. The molecular weight excluding hydrogens is 385 g/mol. The molecule has 0 spiro atoms. The van der Waals surface area contributed by atoms with Gasteiger partial charge in [0.05, 0.1) is 12.6 Å². The first-order valence-corrected chi connectivity index (χ1v) is 9.93. The lowest BCUT2D eigenvalue weighted by Gasteiger charge is -2.36. The van der Waals surface area contributed by atoms with Gasteiger partial charge in [0.1, 0.15) is 17.5 Å². The van der Waals surface area contributed by atoms with Crippen LogP contribution in [0.1, 0.15) is 35.3 Å². The predicted octanol–water partition coefficient (Wildman–Crippen LogP) is 2.06. The molecule has 1 aliphatic heterocycles. The fraction of sp³-hybridized carbons (Fsp3) is 0.391. The number of carbonyl (C=O) groups is 1. The van der Waals surface area contributed by atoms with Gasteiger partial charge in [-0.25, -0.2) is 9.37 Å². The van der Waals surface area contributed by atoms with Gasteiger partial charge in [0.15, 0.2) is 0 Å². The van der Waals surface area contributed by atoms with Crippen LogP contribution >= 0.6 is 0 Å². The van der Waals surface area contributed by atoms with E-state index in [1.54, 1.807) is 29.3 Å². The number of ether oxygens (including phenoxy) is 1. The van der Waals surface area contributed by atoms with Gasteiger partial charge in [-0.3, -0.25) is 4.79 Å². The minimum absolute atomic E-state index is 0.0447. The number of nitrogens with zero attached hydrogens (tertiary/aromatic N) is 2. The first kappa shape index (κ1) is 21.8. The van der Waals surface area contributed by atoms with Gasteiger partial charge in [-0.2, -0.15) is 0 Å². The van der Waals surface area contributed by atoms with Crippen LogP contribution in [0, 0.1) is 23.6 Å². The molecule has 2 N–H and O–H groups in total. The number of aliphatic hydroxyl groups excluding tert-OH is 1. The number of hydrogen-bond donors (Lipinski definition) is 2. The highest BCUT2D eigenvalue weighted by Gasteiger charge is 2.33. The molecule has 1 aromatic heterocycles. The fourth-order valence-electron chi connectivity index (χ4n) is 3.29. The molecule has 1 aromatic carbocycles. The maximum atomic E-state index is 13.3. The van der Waals surface area contributed by atoms with Gasteiger partial charge in [-0.15, -0.1) is 0 Å². The highest BCUT2D eigenvalue weighted by Crippen LogP contribution is 2.26. The number of rotatable bonds is 4. The van der Waals surface area contributed by atoms with Crippen LogP contribution in [0.15, 0.2) is 36.5 Å². The van der Waals surface area contributed by atoms with Crippen molar-refractivity contribution < 1.29 is 19.0 Å². The van der Waals surface area contributed by atoms with Crippen molar-refractivity contribution >= 4 is 5.91 Å². The van der Waals surface area contributed by atoms with Crippen molar-refractivity contribution in [1.82, 2.24) is 15.2 Å². The van der Waals surface area contributed by atoms with Crippen LogP contribution in [-0.4, -0.2) is 59.8 Å². The summed E-state index contributed by atoms with van der Waals surface area (Å²) in [4.78, 5) is 19.3. The molecule has 0 saturated carbocycles. The summed E-state index contributed by atoms with van der Waals surface area (Å²) in [5.41, 5.74) is 1.52. The molecule has 3 atom stereocenters. The second kappa shape index (κ2) is 9.70. The maximum absolute atomic E-state index is 13.3. The van der Waals surface area contributed by atoms with Gasteiger partial charge in [0.25, 0.3) is 5.91 Å². The number of aliphatic hydroxyl groups is 1. The Morgan fingerprint density at radius 2 is 2.03 bits per heavy atom. The first-order valence-electron chi connectivity index (χ1n) is 9.93. The molecule has 30 heavy (non-hydrogen) atoms. The summed E-state index contributed by atoms with van der Waals surface area (Å²) in [5.74, 6) is 5.64. The molecule has 7 heteroatoms. The van der Waals surface area contributed by atoms with Crippen molar-refractivity contribution in [2.24, 2.45) is 5.92 Å². The average molecular weight is 411 g/mol. The molecule has 0 fully saturated rings. The van der Waals surface area contributed by atoms with E-state index in [4.69, 9.17) is 4.74 Å². The summed E-state index contributed by atoms with van der Waals surface area (Å²) in [7, 11) is 1.84. The number of hydrogen-bond acceptors (Lipinski definition) is 5. The Balaban J connectivity index is 1.99. The quantitative estimate of drug-likeness (QED) is 0.754. The van der Waals surface area contributed by atoms with E-state index >= 15 is 0 Å². The van der Waals surface area contributed by atoms with E-state index in [-0.39, 0.29) is 42.3 Å². The SMILES string of the molecule is CNC[C@@H]1Oc2ncc(C#Cc3ccc(F)cc3)cc2C(=O)N([C@H](C)CO)C[C@@H]1C. The maximum Gasteiger partial charge on any atom is 0.259 e. The predicted molar refractivity (Wildman–Crippen MR) is 112 cm³/mol. The van der Waals surface area contributed by atoms with Gasteiger partial charge >= 0.3 is 0 Å². The van der Waals surface area contributed by atoms with Crippen molar-refractivity contribution in [3.05, 3.63) is 59.0 Å². The third kappa shape index (κ3) is 4.96. The highest BCUT2D eigenvalue weighted by molar-refractivity contribution is 5.97. The smallest absolute Gasteiger partial charge is 0.259 e. The van der Waals surface area contributed by atoms with Crippen LogP contribution in [0.4, 0.5) is 4.39 Å². The van der Waals surface area contributed by atoms with E-state index in [0.717, 1.165) is 0 Å². The number of aromatic nitrogens is 1. The van der Waals surface area contributed by atoms with E-state index in [1.807, 2.05) is 20.9 Å². The molecular formula is C23H26FN3O3. The van der Waals surface area contributed by atoms with Crippen LogP contribution < -0.4 is 10.1 Å². The molecule has 1 amide bonds. The zero-order chi connectivity index (χ0) is 21.7. The summed E-state index contributed by atoms with van der Waals surface area (Å²) < 4.78 is 19.1. The number of carbonyl (C=O) groups excluding carboxylic acids is 1. The fourth-order valence-corrected chi connectivity index (χ4v) is 3.29. The van der Waals surface area contributed by atoms with E-state index in [9.17, 15) is 14.3 Å². The van der Waals surface area contributed by atoms with Gasteiger partial charge < -0.3 is 20.1 Å². The van der Waals surface area contributed by atoms with Crippen molar-refractivity contribution in [3.63, 3.8) is 0 Å². The Hall–Kier alpha value is -2.95. The van der Waals surface area contributed by atoms with E-state index in [2.05, 4.69) is 22.1 Å². The molecule has 1 aliphatic rings. The molecule has 0 saturated heterocycles. The summed E-state index contributed by atoms with van der Waals surface area (Å²) in [6.07, 6.45) is 1.38. The number of fused-ring (bicyclic) bond motifs is 1. The van der Waals surface area contributed by atoms with Crippen molar-refractivity contribution in [2.45, 2.75) is 26.0 Å². The molecule has 0 unspecified atom stereocenters. The molecule has 0 aliphatic carbocycles. The number of likely N-dealkylation sites (N-methyl/N-ethyl adjacent to an activating group) is 1. The number of halogens is 1. The Labute approximate surface area is 176 Å². The molecule has 0 radical (unpaired) electrons. The average Bonchev–Trinajstić information content (AvgIpc) is 2.75. The lowest BCUT2D eigenvalue weighted by molar-refractivity contribution is 0.0404. The lowest BCUT2D eigenvalue weighted by atomic mass is 10.0. The van der Waals surface area contributed by atoms with Gasteiger partial charge in [0, 0.05) is 36.3 Å². The Morgan fingerprint density at radius 1 is 1.33 bits per heavy atom. The Kier molecular flexibility index (Phi) is 7.03. The normalized spacial score (nSPS) is 19.6. The van der Waals surface area contributed by atoms with Gasteiger partial charge in [-0.1, -0.05) is 18.8 Å². The van der Waals surface area contributed by atoms with Crippen molar-refractivity contribution in [1.29, 1.82) is 0 Å². The second-order valence-corrected chi connectivity index (χ2v) is 7.51. The monoisotopic (exact) mass is 411 g/mol. The third-order valence-corrected chi connectivity index (χ3v) is 5.12. The van der Waals surface area contributed by atoms with E-state index < -0.39 is 0 Å². The van der Waals surface area contributed by atoms with Crippen LogP contribution in [0.3, 0.4) is 0 Å². The van der Waals surface area contributed by atoms with E-state index in [0.29, 0.717) is 29.8 Å². The first-order chi connectivity index (χ1) is 14.4. The van der Waals surface area contributed by atoms with Crippen LogP contribution in [0.2, 0.25) is 0 Å². The second-order valence-electron chi connectivity index (χ2n) is 7.51. The third-order valence-electron chi connectivity index (χ3n) is 5.12. The molecule has 6 nitrogen and oxygen atoms in total. The Bertz CT molecular complexity index is 952. The lowest BCUT2D eigenvalue weighted by Crippen LogP contribution is -2.49. The molecule has 2 aromatic rings. The van der Waals surface area contributed by atoms with Crippen LogP contribution in [0.5, 0.6) is 5.88 Å². The van der Waals surface area contributed by atoms with Crippen molar-refractivity contribution in [2.75, 3.05) is 26.7 Å². The summed E-state index contributed by atoms with van der Waals surface area (Å²) >= 11 is 0. The minimum atomic E-state index is -0.338. The van der Waals surface area contributed by atoms with Gasteiger partial charge in [-0.05, 0) is 44.3 Å². The zero-order valence-electron chi connectivity index (χ0n) is 17.4. The van der Waals surface area contributed by atoms with E-state index in [1.165, 1.54) is 12.1 Å². The summed E-state index contributed by atoms with van der Waals surface area (Å²) in [6.45, 7) is 4.75.